The highest BCUT2D eigenvalue weighted by Gasteiger charge is 2.37. The standard InChI is InChI=1S/C27H36N2O4/c1-27(2,31)26(30)29-16-15-28(19-22(29)17-20-9-5-4-6-10-20)21-13-14-24(32-3)25(18-21)33-23-11-7-8-12-23/h4-6,9-10,13-14,18,22-23,31H,7-8,11-12,15-17,19H2,1-3H3/t22-/m0/s1. The van der Waals surface area contributed by atoms with Crippen LogP contribution in [0.2, 0.25) is 0 Å². The summed E-state index contributed by atoms with van der Waals surface area (Å²) < 4.78 is 11.9. The van der Waals surface area contributed by atoms with Crippen molar-refractivity contribution in [2.75, 3.05) is 31.6 Å². The van der Waals surface area contributed by atoms with Crippen LogP contribution in [0, 0.1) is 0 Å². The topological polar surface area (TPSA) is 62.2 Å². The van der Waals surface area contributed by atoms with E-state index in [2.05, 4.69) is 29.2 Å². The monoisotopic (exact) mass is 452 g/mol. The fourth-order valence-corrected chi connectivity index (χ4v) is 4.91. The minimum atomic E-state index is -1.39. The van der Waals surface area contributed by atoms with Crippen molar-refractivity contribution in [2.45, 2.75) is 63.7 Å². The lowest BCUT2D eigenvalue weighted by atomic mass is 9.98. The summed E-state index contributed by atoms with van der Waals surface area (Å²) >= 11 is 0. The third kappa shape index (κ3) is 5.61. The summed E-state index contributed by atoms with van der Waals surface area (Å²) in [5.41, 5.74) is 0.856. The Hall–Kier alpha value is -2.73. The summed E-state index contributed by atoms with van der Waals surface area (Å²) in [6, 6.07) is 16.3. The van der Waals surface area contributed by atoms with Gasteiger partial charge in [0.2, 0.25) is 0 Å². The molecule has 1 aliphatic heterocycles. The summed E-state index contributed by atoms with van der Waals surface area (Å²) in [6.45, 7) is 5.08. The smallest absolute Gasteiger partial charge is 0.254 e. The SMILES string of the molecule is COc1ccc(N2CCN(C(=O)C(C)(C)O)[C@@H](Cc3ccccc3)C2)cc1OC1CCCC1. The van der Waals surface area contributed by atoms with Crippen molar-refractivity contribution in [3.8, 4) is 11.5 Å². The summed E-state index contributed by atoms with van der Waals surface area (Å²) in [5, 5.41) is 10.4. The zero-order chi connectivity index (χ0) is 23.4. The first kappa shape index (κ1) is 23.4. The number of ether oxygens (including phenoxy) is 2. The number of anilines is 1. The molecule has 1 amide bonds. The van der Waals surface area contributed by atoms with Crippen LogP contribution in [0.15, 0.2) is 48.5 Å². The fraction of sp³-hybridized carbons (Fsp3) is 0.519. The molecule has 0 spiro atoms. The van der Waals surface area contributed by atoms with E-state index in [1.807, 2.05) is 29.2 Å². The molecule has 2 fully saturated rings. The molecule has 1 saturated carbocycles. The molecule has 6 heteroatoms. The number of carbonyl (C=O) groups is 1. The largest absolute Gasteiger partial charge is 0.493 e. The first-order valence-electron chi connectivity index (χ1n) is 12.0. The number of nitrogens with zero attached hydrogens (tertiary/aromatic N) is 2. The van der Waals surface area contributed by atoms with E-state index in [-0.39, 0.29) is 18.1 Å². The molecule has 33 heavy (non-hydrogen) atoms. The summed E-state index contributed by atoms with van der Waals surface area (Å²) in [7, 11) is 1.67. The average Bonchev–Trinajstić information content (AvgIpc) is 3.32. The predicted molar refractivity (Wildman–Crippen MR) is 130 cm³/mol. The molecule has 1 aliphatic carbocycles. The average molecular weight is 453 g/mol. The van der Waals surface area contributed by atoms with E-state index in [0.29, 0.717) is 19.6 Å². The lowest BCUT2D eigenvalue weighted by Gasteiger charge is -2.44. The zero-order valence-corrected chi connectivity index (χ0v) is 20.0. The Morgan fingerprint density at radius 3 is 2.45 bits per heavy atom. The normalized spacial score (nSPS) is 19.6. The number of carbonyl (C=O) groups excluding carboxylic acids is 1. The number of piperazine rings is 1. The molecule has 1 N–H and O–H groups in total. The summed E-state index contributed by atoms with van der Waals surface area (Å²) in [6.07, 6.45) is 5.59. The molecule has 178 valence electrons. The molecule has 6 nitrogen and oxygen atoms in total. The minimum Gasteiger partial charge on any atom is -0.493 e. The van der Waals surface area contributed by atoms with Crippen molar-refractivity contribution in [2.24, 2.45) is 0 Å². The number of rotatable bonds is 7. The first-order chi connectivity index (χ1) is 15.8. The van der Waals surface area contributed by atoms with E-state index >= 15 is 0 Å². The molecular weight excluding hydrogens is 416 g/mol. The van der Waals surface area contributed by atoms with Gasteiger partial charge in [0.05, 0.1) is 19.3 Å². The second-order valence-electron chi connectivity index (χ2n) is 9.71. The Labute approximate surface area is 197 Å². The van der Waals surface area contributed by atoms with Crippen molar-refractivity contribution < 1.29 is 19.4 Å². The number of amides is 1. The third-order valence-corrected chi connectivity index (χ3v) is 6.69. The van der Waals surface area contributed by atoms with E-state index in [4.69, 9.17) is 9.47 Å². The van der Waals surface area contributed by atoms with Crippen LogP contribution in [0.5, 0.6) is 11.5 Å². The van der Waals surface area contributed by atoms with Gasteiger partial charge in [-0.2, -0.15) is 0 Å². The molecule has 2 aliphatic rings. The third-order valence-electron chi connectivity index (χ3n) is 6.69. The molecule has 0 bridgehead atoms. The van der Waals surface area contributed by atoms with Gasteiger partial charge in [0, 0.05) is 31.4 Å². The number of hydrogen-bond acceptors (Lipinski definition) is 5. The second kappa shape index (κ2) is 10.0. The van der Waals surface area contributed by atoms with Crippen molar-refractivity contribution >= 4 is 11.6 Å². The number of aliphatic hydroxyl groups is 1. The van der Waals surface area contributed by atoms with Crippen molar-refractivity contribution in [3.05, 3.63) is 54.1 Å². The van der Waals surface area contributed by atoms with Crippen molar-refractivity contribution in [1.82, 2.24) is 4.90 Å². The van der Waals surface area contributed by atoms with Crippen LogP contribution in [0.25, 0.3) is 0 Å². The van der Waals surface area contributed by atoms with Gasteiger partial charge in [0.25, 0.3) is 5.91 Å². The molecule has 1 heterocycles. The molecular formula is C27H36N2O4. The number of benzene rings is 2. The van der Waals surface area contributed by atoms with Gasteiger partial charge in [-0.3, -0.25) is 4.79 Å². The number of hydrogen-bond donors (Lipinski definition) is 1. The van der Waals surface area contributed by atoms with Crippen LogP contribution in [-0.4, -0.2) is 60.4 Å². The maximum absolute atomic E-state index is 13.0. The highest BCUT2D eigenvalue weighted by molar-refractivity contribution is 5.84. The molecule has 2 aromatic rings. The number of methoxy groups -OCH3 is 1. The predicted octanol–water partition coefficient (Wildman–Crippen LogP) is 4.05. The van der Waals surface area contributed by atoms with E-state index < -0.39 is 5.60 Å². The molecule has 1 atom stereocenters. The Balaban J connectivity index is 1.56. The summed E-state index contributed by atoms with van der Waals surface area (Å²) in [4.78, 5) is 17.2. The summed E-state index contributed by atoms with van der Waals surface area (Å²) in [5.74, 6) is 1.32. The van der Waals surface area contributed by atoms with Gasteiger partial charge in [-0.05, 0) is 63.6 Å². The zero-order valence-electron chi connectivity index (χ0n) is 20.0. The van der Waals surface area contributed by atoms with Crippen LogP contribution in [0.1, 0.15) is 45.1 Å². The highest BCUT2D eigenvalue weighted by atomic mass is 16.5. The van der Waals surface area contributed by atoms with Gasteiger partial charge in [-0.15, -0.1) is 0 Å². The van der Waals surface area contributed by atoms with Gasteiger partial charge in [-0.25, -0.2) is 0 Å². The Bertz CT molecular complexity index is 935. The molecule has 4 rings (SSSR count). The second-order valence-corrected chi connectivity index (χ2v) is 9.71. The quantitative estimate of drug-likeness (QED) is 0.687. The lowest BCUT2D eigenvalue weighted by molar-refractivity contribution is -0.150. The Kier molecular flexibility index (Phi) is 7.13. The van der Waals surface area contributed by atoms with Crippen LogP contribution in [-0.2, 0) is 11.2 Å². The van der Waals surface area contributed by atoms with Gasteiger partial charge >= 0.3 is 0 Å². The maximum Gasteiger partial charge on any atom is 0.254 e. The van der Waals surface area contributed by atoms with E-state index in [1.165, 1.54) is 18.4 Å². The van der Waals surface area contributed by atoms with Crippen LogP contribution in [0.3, 0.4) is 0 Å². The molecule has 0 aromatic heterocycles. The first-order valence-corrected chi connectivity index (χ1v) is 12.0. The fourth-order valence-electron chi connectivity index (χ4n) is 4.91. The molecule has 0 unspecified atom stereocenters. The van der Waals surface area contributed by atoms with Gasteiger partial charge in [0.1, 0.15) is 5.60 Å². The van der Waals surface area contributed by atoms with Crippen LogP contribution < -0.4 is 14.4 Å². The Morgan fingerprint density at radius 2 is 1.79 bits per heavy atom. The highest BCUT2D eigenvalue weighted by Crippen LogP contribution is 2.36. The van der Waals surface area contributed by atoms with Crippen LogP contribution >= 0.6 is 0 Å². The Morgan fingerprint density at radius 1 is 1.06 bits per heavy atom. The van der Waals surface area contributed by atoms with Gasteiger partial charge in [0.15, 0.2) is 11.5 Å². The van der Waals surface area contributed by atoms with Gasteiger partial charge in [-0.1, -0.05) is 30.3 Å². The van der Waals surface area contributed by atoms with Crippen molar-refractivity contribution in [1.29, 1.82) is 0 Å². The molecule has 1 saturated heterocycles. The van der Waals surface area contributed by atoms with Crippen molar-refractivity contribution in [3.63, 3.8) is 0 Å². The lowest BCUT2D eigenvalue weighted by Crippen LogP contribution is -2.60. The van der Waals surface area contributed by atoms with E-state index in [0.717, 1.165) is 36.4 Å². The molecule has 2 aromatic carbocycles. The molecule has 0 radical (unpaired) electrons. The van der Waals surface area contributed by atoms with E-state index in [9.17, 15) is 9.90 Å². The maximum atomic E-state index is 13.0. The van der Waals surface area contributed by atoms with E-state index in [1.54, 1.807) is 21.0 Å². The van der Waals surface area contributed by atoms with Crippen LogP contribution in [0.4, 0.5) is 5.69 Å². The minimum absolute atomic E-state index is 0.0404. The van der Waals surface area contributed by atoms with Gasteiger partial charge < -0.3 is 24.4 Å².